The van der Waals surface area contributed by atoms with Crippen LogP contribution in [0.15, 0.2) is 0 Å². The summed E-state index contributed by atoms with van der Waals surface area (Å²) in [5, 5.41) is 0. The van der Waals surface area contributed by atoms with Crippen molar-refractivity contribution in [3.63, 3.8) is 0 Å². The zero-order valence-corrected chi connectivity index (χ0v) is 9.42. The van der Waals surface area contributed by atoms with Gasteiger partial charge in [0.1, 0.15) is 0 Å². The van der Waals surface area contributed by atoms with Crippen molar-refractivity contribution in [3.8, 4) is 0 Å². The number of halogens is 1. The maximum absolute atomic E-state index is 11.7. The molecule has 82 valence electrons. The molecule has 14 heavy (non-hydrogen) atoms. The van der Waals surface area contributed by atoms with E-state index in [2.05, 4.69) is 0 Å². The van der Waals surface area contributed by atoms with Crippen molar-refractivity contribution in [1.29, 1.82) is 0 Å². The minimum atomic E-state index is 0.229. The Balaban J connectivity index is 2.27. The molecule has 1 amide bonds. The predicted molar refractivity (Wildman–Crippen MR) is 56.6 cm³/mol. The van der Waals surface area contributed by atoms with E-state index in [1.807, 2.05) is 11.8 Å². The van der Waals surface area contributed by atoms with Gasteiger partial charge in [-0.05, 0) is 19.8 Å². The van der Waals surface area contributed by atoms with Gasteiger partial charge in [-0.1, -0.05) is 0 Å². The fraction of sp³-hybridized carbons (Fsp3) is 0.900. The van der Waals surface area contributed by atoms with Crippen LogP contribution in [0.2, 0.25) is 0 Å². The number of carbonyl (C=O) groups is 1. The van der Waals surface area contributed by atoms with Gasteiger partial charge in [0.25, 0.3) is 0 Å². The second-order valence-corrected chi connectivity index (χ2v) is 4.04. The lowest BCUT2D eigenvalue weighted by Crippen LogP contribution is -2.47. The Bertz CT molecular complexity index is 187. The van der Waals surface area contributed by atoms with Crippen LogP contribution in [-0.4, -0.2) is 42.5 Å². The highest BCUT2D eigenvalue weighted by Crippen LogP contribution is 2.10. The van der Waals surface area contributed by atoms with Gasteiger partial charge in [-0.25, -0.2) is 0 Å². The largest absolute Gasteiger partial charge is 0.377 e. The van der Waals surface area contributed by atoms with Gasteiger partial charge >= 0.3 is 0 Å². The highest BCUT2D eigenvalue weighted by Gasteiger charge is 2.22. The average molecular weight is 220 g/mol. The zero-order valence-electron chi connectivity index (χ0n) is 8.67. The highest BCUT2D eigenvalue weighted by atomic mass is 35.5. The first-order valence-electron chi connectivity index (χ1n) is 5.19. The SMILES string of the molecule is CC1COCCN1C(=O)CCCCCl. The lowest BCUT2D eigenvalue weighted by Gasteiger charge is -2.33. The van der Waals surface area contributed by atoms with Crippen LogP contribution in [0.25, 0.3) is 0 Å². The first-order valence-corrected chi connectivity index (χ1v) is 5.72. The van der Waals surface area contributed by atoms with Crippen LogP contribution >= 0.6 is 11.6 Å². The summed E-state index contributed by atoms with van der Waals surface area (Å²) < 4.78 is 5.27. The van der Waals surface area contributed by atoms with E-state index in [-0.39, 0.29) is 11.9 Å². The molecular formula is C10H18ClNO2. The zero-order chi connectivity index (χ0) is 10.4. The van der Waals surface area contributed by atoms with Crippen LogP contribution in [-0.2, 0) is 9.53 Å². The van der Waals surface area contributed by atoms with Crippen molar-refractivity contribution < 1.29 is 9.53 Å². The van der Waals surface area contributed by atoms with Crippen molar-refractivity contribution in [2.24, 2.45) is 0 Å². The van der Waals surface area contributed by atoms with Gasteiger partial charge in [0.15, 0.2) is 0 Å². The lowest BCUT2D eigenvalue weighted by molar-refractivity contribution is -0.139. The fourth-order valence-corrected chi connectivity index (χ4v) is 1.80. The second-order valence-electron chi connectivity index (χ2n) is 3.66. The molecule has 0 aromatic rings. The molecule has 1 aliphatic rings. The van der Waals surface area contributed by atoms with Crippen molar-refractivity contribution in [2.75, 3.05) is 25.6 Å². The molecule has 1 atom stereocenters. The molecule has 0 aliphatic carbocycles. The van der Waals surface area contributed by atoms with Crippen molar-refractivity contribution in [3.05, 3.63) is 0 Å². The van der Waals surface area contributed by atoms with Crippen LogP contribution in [0.1, 0.15) is 26.2 Å². The van der Waals surface area contributed by atoms with Gasteiger partial charge in [-0.3, -0.25) is 4.79 Å². The molecule has 0 aromatic carbocycles. The number of alkyl halides is 1. The molecule has 0 radical (unpaired) electrons. The van der Waals surface area contributed by atoms with Gasteiger partial charge in [-0.15, -0.1) is 11.6 Å². The molecule has 1 unspecified atom stereocenters. The molecule has 3 nitrogen and oxygen atoms in total. The molecule has 0 aromatic heterocycles. The van der Waals surface area contributed by atoms with E-state index in [9.17, 15) is 4.79 Å². The Kier molecular flexibility index (Phi) is 5.26. The summed E-state index contributed by atoms with van der Waals surface area (Å²) >= 11 is 5.55. The van der Waals surface area contributed by atoms with Gasteiger partial charge in [0.2, 0.25) is 5.91 Å². The van der Waals surface area contributed by atoms with Crippen LogP contribution in [0.4, 0.5) is 0 Å². The molecule has 1 fully saturated rings. The Morgan fingerprint density at radius 1 is 1.57 bits per heavy atom. The quantitative estimate of drug-likeness (QED) is 0.532. The van der Waals surface area contributed by atoms with Crippen LogP contribution in [0, 0.1) is 0 Å². The van der Waals surface area contributed by atoms with E-state index in [4.69, 9.17) is 16.3 Å². The Labute approximate surface area is 90.4 Å². The number of nitrogens with zero attached hydrogens (tertiary/aromatic N) is 1. The normalized spacial score (nSPS) is 22.4. The molecule has 4 heteroatoms. The average Bonchev–Trinajstić information content (AvgIpc) is 2.18. The standard InChI is InChI=1S/C10H18ClNO2/c1-9-8-14-7-6-12(9)10(13)4-2-3-5-11/h9H,2-8H2,1H3. The third kappa shape index (κ3) is 3.46. The summed E-state index contributed by atoms with van der Waals surface area (Å²) in [6.07, 6.45) is 2.44. The summed E-state index contributed by atoms with van der Waals surface area (Å²) in [7, 11) is 0. The maximum Gasteiger partial charge on any atom is 0.222 e. The fourth-order valence-electron chi connectivity index (χ4n) is 1.61. The number of unbranched alkanes of at least 4 members (excludes halogenated alkanes) is 1. The number of ether oxygens (including phenoxy) is 1. The summed E-state index contributed by atoms with van der Waals surface area (Å²) in [5.74, 6) is 0.886. The molecule has 0 N–H and O–H groups in total. The van der Waals surface area contributed by atoms with Gasteiger partial charge < -0.3 is 9.64 Å². The summed E-state index contributed by atoms with van der Waals surface area (Å²) in [6, 6.07) is 0.229. The minimum absolute atomic E-state index is 0.229. The number of amides is 1. The summed E-state index contributed by atoms with van der Waals surface area (Å²) in [4.78, 5) is 13.6. The molecule has 0 saturated carbocycles. The maximum atomic E-state index is 11.7. The number of hydrogen-bond acceptors (Lipinski definition) is 2. The van der Waals surface area contributed by atoms with Crippen LogP contribution in [0.5, 0.6) is 0 Å². The third-order valence-corrected chi connectivity index (χ3v) is 2.73. The Morgan fingerprint density at radius 2 is 2.36 bits per heavy atom. The Hall–Kier alpha value is -0.280. The van der Waals surface area contributed by atoms with Crippen LogP contribution < -0.4 is 0 Å². The molecule has 1 heterocycles. The first kappa shape index (κ1) is 11.8. The van der Waals surface area contributed by atoms with E-state index < -0.39 is 0 Å². The third-order valence-electron chi connectivity index (χ3n) is 2.46. The van der Waals surface area contributed by atoms with Crippen molar-refractivity contribution in [1.82, 2.24) is 4.90 Å². The van der Waals surface area contributed by atoms with E-state index in [0.29, 0.717) is 25.5 Å². The molecule has 1 rings (SSSR count). The summed E-state index contributed by atoms with van der Waals surface area (Å²) in [6.45, 7) is 4.10. The number of carbonyl (C=O) groups excluding carboxylic acids is 1. The molecule has 0 bridgehead atoms. The van der Waals surface area contributed by atoms with E-state index >= 15 is 0 Å². The molecular weight excluding hydrogens is 202 g/mol. The second kappa shape index (κ2) is 6.25. The van der Waals surface area contributed by atoms with Crippen molar-refractivity contribution in [2.45, 2.75) is 32.2 Å². The predicted octanol–water partition coefficient (Wildman–Crippen LogP) is 1.64. The number of rotatable bonds is 4. The number of hydrogen-bond donors (Lipinski definition) is 0. The van der Waals surface area contributed by atoms with Crippen LogP contribution in [0.3, 0.4) is 0 Å². The smallest absolute Gasteiger partial charge is 0.222 e. The topological polar surface area (TPSA) is 29.5 Å². The van der Waals surface area contributed by atoms with Gasteiger partial charge in [0.05, 0.1) is 19.3 Å². The number of morpholine rings is 1. The van der Waals surface area contributed by atoms with Gasteiger partial charge in [-0.2, -0.15) is 0 Å². The summed E-state index contributed by atoms with van der Waals surface area (Å²) in [5.41, 5.74) is 0. The monoisotopic (exact) mass is 219 g/mol. The molecule has 0 spiro atoms. The molecule has 1 aliphatic heterocycles. The van der Waals surface area contributed by atoms with E-state index in [1.54, 1.807) is 0 Å². The van der Waals surface area contributed by atoms with Gasteiger partial charge in [0, 0.05) is 18.8 Å². The van der Waals surface area contributed by atoms with E-state index in [0.717, 1.165) is 19.4 Å². The first-order chi connectivity index (χ1) is 6.75. The van der Waals surface area contributed by atoms with Crippen molar-refractivity contribution >= 4 is 17.5 Å². The lowest BCUT2D eigenvalue weighted by atomic mass is 10.2. The highest BCUT2D eigenvalue weighted by molar-refractivity contribution is 6.17. The minimum Gasteiger partial charge on any atom is -0.377 e. The Morgan fingerprint density at radius 3 is 3.00 bits per heavy atom. The molecule has 1 saturated heterocycles. The van der Waals surface area contributed by atoms with E-state index in [1.165, 1.54) is 0 Å².